The normalized spacial score (nSPS) is 14.1. The average molecular weight is 731 g/mol. The van der Waals surface area contributed by atoms with Crippen LogP contribution in [0.3, 0.4) is 0 Å². The van der Waals surface area contributed by atoms with Crippen LogP contribution in [0.15, 0.2) is 83.8 Å². The molecular formula is C42H54N2O7S. The first kappa shape index (κ1) is 39.1. The number of rotatable bonds is 17. The molecule has 0 radical (unpaired) electrons. The van der Waals surface area contributed by atoms with Gasteiger partial charge in [0, 0.05) is 55.7 Å². The summed E-state index contributed by atoms with van der Waals surface area (Å²) in [5, 5.41) is 1.95. The zero-order valence-electron chi connectivity index (χ0n) is 31.4. The largest absolute Gasteiger partial charge is 0.494 e. The zero-order valence-corrected chi connectivity index (χ0v) is 32.2. The summed E-state index contributed by atoms with van der Waals surface area (Å²) < 4.78 is 47.6. The minimum absolute atomic E-state index is 0.00968. The number of ether oxygens (including phenoxy) is 4. The van der Waals surface area contributed by atoms with Crippen molar-refractivity contribution in [3.05, 3.63) is 78.9 Å². The van der Waals surface area contributed by atoms with Gasteiger partial charge in [0.15, 0.2) is 9.84 Å². The molecule has 0 atom stereocenters. The number of nitrogens with zero attached hydrogens (tertiary/aromatic N) is 2. The number of sulfone groups is 1. The number of fused-ring (bicyclic) bond motifs is 1. The Balaban J connectivity index is 1.18. The fraction of sp³-hybridized carbons (Fsp3) is 0.452. The Labute approximate surface area is 309 Å². The Morgan fingerprint density at radius 3 is 2.17 bits per heavy atom. The van der Waals surface area contributed by atoms with Crippen LogP contribution in [-0.4, -0.2) is 83.7 Å². The molecule has 0 aliphatic carbocycles. The first-order valence-electron chi connectivity index (χ1n) is 18.4. The van der Waals surface area contributed by atoms with Crippen LogP contribution in [-0.2, 0) is 24.1 Å². The molecule has 1 heterocycles. The van der Waals surface area contributed by atoms with Gasteiger partial charge in [0.05, 0.1) is 11.5 Å². The summed E-state index contributed by atoms with van der Waals surface area (Å²) in [5.74, 6) is 1.94. The summed E-state index contributed by atoms with van der Waals surface area (Å²) in [6.07, 6.45) is 6.38. The lowest BCUT2D eigenvalue weighted by molar-refractivity contribution is -0.160. The molecule has 4 aromatic rings. The van der Waals surface area contributed by atoms with Crippen LogP contribution < -0.4 is 14.4 Å². The number of unbranched alkanes of at least 4 members (excludes halogenated alkanes) is 3. The third-order valence-electron chi connectivity index (χ3n) is 9.00. The Morgan fingerprint density at radius 2 is 1.50 bits per heavy atom. The lowest BCUT2D eigenvalue weighted by atomic mass is 9.99. The van der Waals surface area contributed by atoms with Crippen molar-refractivity contribution >= 4 is 32.3 Å². The second kappa shape index (κ2) is 18.1. The maximum atomic E-state index is 12.1. The fourth-order valence-electron chi connectivity index (χ4n) is 6.24. The molecule has 1 aliphatic rings. The molecule has 0 unspecified atom stereocenters. The second-order valence-electron chi connectivity index (χ2n) is 14.4. The molecule has 0 amide bonds. The van der Waals surface area contributed by atoms with Gasteiger partial charge in [-0.2, -0.15) is 0 Å². The van der Waals surface area contributed by atoms with Gasteiger partial charge < -0.3 is 23.8 Å². The third kappa shape index (κ3) is 11.4. The van der Waals surface area contributed by atoms with Gasteiger partial charge >= 0.3 is 5.97 Å². The number of anilines is 1. The quantitative estimate of drug-likeness (QED) is 0.0783. The minimum Gasteiger partial charge on any atom is -0.494 e. The van der Waals surface area contributed by atoms with Crippen LogP contribution in [0.25, 0.3) is 21.9 Å². The highest BCUT2D eigenvalue weighted by atomic mass is 32.2. The molecule has 5 rings (SSSR count). The van der Waals surface area contributed by atoms with Gasteiger partial charge in [-0.3, -0.25) is 4.90 Å². The van der Waals surface area contributed by atoms with Crippen LogP contribution in [0.5, 0.6) is 17.2 Å². The first-order valence-corrected chi connectivity index (χ1v) is 20.3. The number of hydrogen-bond acceptors (Lipinski definition) is 9. The maximum absolute atomic E-state index is 12.1. The van der Waals surface area contributed by atoms with Crippen molar-refractivity contribution in [2.24, 2.45) is 0 Å². The molecule has 0 bridgehead atoms. The maximum Gasteiger partial charge on any atom is 0.332 e. The summed E-state index contributed by atoms with van der Waals surface area (Å²) in [5.41, 5.74) is 2.42. The molecule has 1 aliphatic heterocycles. The van der Waals surface area contributed by atoms with E-state index in [9.17, 15) is 13.2 Å². The van der Waals surface area contributed by atoms with Crippen molar-refractivity contribution in [3.63, 3.8) is 0 Å². The molecule has 52 heavy (non-hydrogen) atoms. The van der Waals surface area contributed by atoms with E-state index in [4.69, 9.17) is 18.9 Å². The predicted octanol–water partition coefficient (Wildman–Crippen LogP) is 8.53. The molecule has 0 spiro atoms. The van der Waals surface area contributed by atoms with Crippen molar-refractivity contribution < 1.29 is 32.2 Å². The Kier molecular flexibility index (Phi) is 13.6. The van der Waals surface area contributed by atoms with Gasteiger partial charge in [-0.25, -0.2) is 13.2 Å². The average Bonchev–Trinajstić information content (AvgIpc) is 3.11. The van der Waals surface area contributed by atoms with E-state index in [1.165, 1.54) is 6.26 Å². The van der Waals surface area contributed by atoms with Crippen molar-refractivity contribution in [1.29, 1.82) is 0 Å². The highest BCUT2D eigenvalue weighted by Crippen LogP contribution is 2.41. The van der Waals surface area contributed by atoms with Gasteiger partial charge in [0.25, 0.3) is 0 Å². The van der Waals surface area contributed by atoms with Gasteiger partial charge in [-0.1, -0.05) is 31.5 Å². The molecule has 9 nitrogen and oxygen atoms in total. The molecule has 1 fully saturated rings. The van der Waals surface area contributed by atoms with Gasteiger partial charge in [-0.15, -0.1) is 0 Å². The minimum atomic E-state index is -3.31. The van der Waals surface area contributed by atoms with E-state index >= 15 is 0 Å². The van der Waals surface area contributed by atoms with Gasteiger partial charge in [0.2, 0.25) is 0 Å². The van der Waals surface area contributed by atoms with E-state index in [2.05, 4.69) is 34.9 Å². The molecule has 0 aromatic heterocycles. The van der Waals surface area contributed by atoms with Crippen LogP contribution in [0.4, 0.5) is 5.69 Å². The highest BCUT2D eigenvalue weighted by molar-refractivity contribution is 7.90. The highest BCUT2D eigenvalue weighted by Gasteiger charge is 2.19. The van der Waals surface area contributed by atoms with Gasteiger partial charge in [-0.05, 0) is 125 Å². The molecule has 0 N–H and O–H groups in total. The van der Waals surface area contributed by atoms with Crippen LogP contribution in [0, 0.1) is 0 Å². The summed E-state index contributed by atoms with van der Waals surface area (Å²) in [6, 6.07) is 25.4. The van der Waals surface area contributed by atoms with Crippen LogP contribution >= 0.6 is 0 Å². The van der Waals surface area contributed by atoms with E-state index in [1.807, 2.05) is 69.3 Å². The monoisotopic (exact) mass is 730 g/mol. The van der Waals surface area contributed by atoms with Crippen molar-refractivity contribution in [1.82, 2.24) is 4.90 Å². The molecule has 1 saturated heterocycles. The molecule has 0 saturated carbocycles. The van der Waals surface area contributed by atoms with E-state index in [0.717, 1.165) is 104 Å². The summed E-state index contributed by atoms with van der Waals surface area (Å²) in [7, 11) is -3.31. The van der Waals surface area contributed by atoms with E-state index in [0.29, 0.717) is 19.0 Å². The number of hydrogen-bond donors (Lipinski definition) is 0. The number of carbonyl (C=O) groups is 1. The summed E-state index contributed by atoms with van der Waals surface area (Å²) in [6.45, 7) is 14.0. The predicted molar refractivity (Wildman–Crippen MR) is 209 cm³/mol. The lowest BCUT2D eigenvalue weighted by Gasteiger charge is -2.36. The third-order valence-corrected chi connectivity index (χ3v) is 10.1. The Bertz CT molecular complexity index is 1860. The van der Waals surface area contributed by atoms with Crippen molar-refractivity contribution in [3.8, 4) is 28.4 Å². The molecule has 280 valence electrons. The smallest absolute Gasteiger partial charge is 0.332 e. The topological polar surface area (TPSA) is 94.6 Å². The zero-order chi connectivity index (χ0) is 37.1. The number of benzene rings is 4. The summed E-state index contributed by atoms with van der Waals surface area (Å²) >= 11 is 0. The lowest BCUT2D eigenvalue weighted by Crippen LogP contribution is -2.46. The number of piperazine rings is 1. The summed E-state index contributed by atoms with van der Waals surface area (Å²) in [4.78, 5) is 17.0. The van der Waals surface area contributed by atoms with Crippen molar-refractivity contribution in [2.45, 2.75) is 70.3 Å². The Morgan fingerprint density at radius 1 is 0.788 bits per heavy atom. The van der Waals surface area contributed by atoms with Crippen LogP contribution in [0.1, 0.15) is 59.8 Å². The SMILES string of the molecule is CCCCOc1ccc2c(Oc3ccc(N4CCN(CCCCCOCC(=O)OC(C)(C)C)CC4)cc3)c(-c3ccc(S(C)(=O)=O)cc3)ccc2c1. The fourth-order valence-corrected chi connectivity index (χ4v) is 6.87. The van der Waals surface area contributed by atoms with E-state index in [-0.39, 0.29) is 17.5 Å². The van der Waals surface area contributed by atoms with E-state index < -0.39 is 15.4 Å². The van der Waals surface area contributed by atoms with Crippen molar-refractivity contribution in [2.75, 3.05) is 63.7 Å². The first-order chi connectivity index (χ1) is 24.9. The molecular weight excluding hydrogens is 677 g/mol. The number of esters is 1. The van der Waals surface area contributed by atoms with Crippen LogP contribution in [0.2, 0.25) is 0 Å². The van der Waals surface area contributed by atoms with E-state index in [1.54, 1.807) is 12.1 Å². The second-order valence-corrected chi connectivity index (χ2v) is 16.5. The number of carbonyl (C=O) groups excluding carboxylic acids is 1. The Hall–Kier alpha value is -4.12. The van der Waals surface area contributed by atoms with Gasteiger partial charge in [0.1, 0.15) is 29.5 Å². The molecule has 4 aromatic carbocycles. The standard InChI is InChI=1S/C42H54N2O7S/c1-6-7-29-49-36-18-22-39-33(30-36)13-21-38(32-11-19-37(20-12-32)52(5,46)47)41(39)50-35-16-14-34(15-17-35)44-26-24-43(25-27-44)23-9-8-10-28-48-31-40(45)51-42(2,3)4/h11-22,30H,6-10,23-29,31H2,1-5H3. The molecule has 10 heteroatoms.